The number of esters is 1. The van der Waals surface area contributed by atoms with Gasteiger partial charge in [-0.05, 0) is 43.3 Å². The number of hydrogen-bond acceptors (Lipinski definition) is 6. The maximum absolute atomic E-state index is 12.5. The molecule has 0 fully saturated rings. The summed E-state index contributed by atoms with van der Waals surface area (Å²) in [5.41, 5.74) is 2.66. The van der Waals surface area contributed by atoms with Crippen LogP contribution in [0.15, 0.2) is 59.5 Å². The van der Waals surface area contributed by atoms with E-state index in [0.717, 1.165) is 22.4 Å². The number of carbonyl (C=O) groups excluding carboxylic acids is 1. The van der Waals surface area contributed by atoms with Crippen molar-refractivity contribution in [3.63, 3.8) is 0 Å². The number of ether oxygens (including phenoxy) is 1. The molecule has 0 unspecified atom stereocenters. The van der Waals surface area contributed by atoms with Crippen molar-refractivity contribution in [2.45, 2.75) is 20.0 Å². The van der Waals surface area contributed by atoms with Crippen LogP contribution in [0.25, 0.3) is 16.6 Å². The molecule has 0 aliphatic heterocycles. The lowest BCUT2D eigenvalue weighted by atomic mass is 10.1. The summed E-state index contributed by atoms with van der Waals surface area (Å²) in [6.07, 6.45) is 4.85. The van der Waals surface area contributed by atoms with Crippen molar-refractivity contribution < 1.29 is 13.9 Å². The van der Waals surface area contributed by atoms with Crippen molar-refractivity contribution in [3.8, 4) is 5.69 Å². The first kappa shape index (κ1) is 19.2. The predicted molar refractivity (Wildman–Crippen MR) is 109 cm³/mol. The van der Waals surface area contributed by atoms with Crippen LogP contribution in [0.2, 0.25) is 5.02 Å². The molecule has 148 valence electrons. The smallest absolute Gasteiger partial charge is 0.341 e. The standard InChI is InChI=1S/C21H19ClN4O3/c1-2-28-21(27)17-12-25-26(20(17)13-23-11-15-4-3-9-29-15)19-7-8-24-18-10-14(22)5-6-16(18)19/h3-10,12,23H,2,11,13H2,1H3. The van der Waals surface area contributed by atoms with E-state index in [1.54, 1.807) is 36.2 Å². The maximum atomic E-state index is 12.5. The topological polar surface area (TPSA) is 82.2 Å². The molecule has 3 aromatic heterocycles. The van der Waals surface area contributed by atoms with Gasteiger partial charge in [-0.3, -0.25) is 4.98 Å². The Hall–Kier alpha value is -3.16. The molecule has 0 bridgehead atoms. The summed E-state index contributed by atoms with van der Waals surface area (Å²) in [6, 6.07) is 11.1. The van der Waals surface area contributed by atoms with Gasteiger partial charge in [-0.1, -0.05) is 11.6 Å². The number of pyridine rings is 1. The van der Waals surface area contributed by atoms with Crippen LogP contribution in [0.5, 0.6) is 0 Å². The quantitative estimate of drug-likeness (QED) is 0.461. The van der Waals surface area contributed by atoms with E-state index in [4.69, 9.17) is 20.8 Å². The molecule has 1 aromatic carbocycles. The molecule has 1 N–H and O–H groups in total. The molecular weight excluding hydrogens is 392 g/mol. The van der Waals surface area contributed by atoms with Gasteiger partial charge in [0.25, 0.3) is 0 Å². The van der Waals surface area contributed by atoms with Crippen LogP contribution >= 0.6 is 11.6 Å². The maximum Gasteiger partial charge on any atom is 0.341 e. The summed E-state index contributed by atoms with van der Waals surface area (Å²) in [7, 11) is 0. The largest absolute Gasteiger partial charge is 0.468 e. The molecular formula is C21H19ClN4O3. The summed E-state index contributed by atoms with van der Waals surface area (Å²) < 4.78 is 12.3. The molecule has 0 atom stereocenters. The van der Waals surface area contributed by atoms with Gasteiger partial charge in [0.1, 0.15) is 11.3 Å². The number of nitrogens with one attached hydrogen (secondary N) is 1. The molecule has 0 saturated heterocycles. The van der Waals surface area contributed by atoms with E-state index in [-0.39, 0.29) is 0 Å². The molecule has 0 aliphatic rings. The third-order valence-electron chi connectivity index (χ3n) is 4.45. The second-order valence-electron chi connectivity index (χ2n) is 6.31. The second kappa shape index (κ2) is 8.46. The highest BCUT2D eigenvalue weighted by atomic mass is 35.5. The van der Waals surface area contributed by atoms with Gasteiger partial charge >= 0.3 is 5.97 Å². The number of carbonyl (C=O) groups is 1. The fraction of sp³-hybridized carbons (Fsp3) is 0.190. The van der Waals surface area contributed by atoms with Gasteiger partial charge in [0, 0.05) is 23.2 Å². The number of halogens is 1. The molecule has 29 heavy (non-hydrogen) atoms. The Balaban J connectivity index is 1.73. The van der Waals surface area contributed by atoms with Gasteiger partial charge in [-0.25, -0.2) is 9.48 Å². The number of benzene rings is 1. The normalized spacial score (nSPS) is 11.1. The van der Waals surface area contributed by atoms with Gasteiger partial charge in [0.2, 0.25) is 0 Å². The Kier molecular flexibility index (Phi) is 5.59. The van der Waals surface area contributed by atoms with E-state index in [1.807, 2.05) is 24.3 Å². The molecule has 4 rings (SSSR count). The highest BCUT2D eigenvalue weighted by molar-refractivity contribution is 6.31. The van der Waals surface area contributed by atoms with Crippen LogP contribution < -0.4 is 5.32 Å². The van der Waals surface area contributed by atoms with Crippen LogP contribution in [-0.4, -0.2) is 27.3 Å². The number of fused-ring (bicyclic) bond motifs is 1. The van der Waals surface area contributed by atoms with Crippen molar-refractivity contribution in [2.75, 3.05) is 6.61 Å². The number of furan rings is 1. The van der Waals surface area contributed by atoms with E-state index in [9.17, 15) is 4.79 Å². The Morgan fingerprint density at radius 3 is 2.97 bits per heavy atom. The van der Waals surface area contributed by atoms with E-state index in [1.165, 1.54) is 6.20 Å². The number of aromatic nitrogens is 3. The van der Waals surface area contributed by atoms with Crippen molar-refractivity contribution in [1.82, 2.24) is 20.1 Å². The van der Waals surface area contributed by atoms with Crippen LogP contribution in [0, 0.1) is 0 Å². The molecule has 3 heterocycles. The Labute approximate surface area is 172 Å². The van der Waals surface area contributed by atoms with E-state index >= 15 is 0 Å². The predicted octanol–water partition coefficient (Wildman–Crippen LogP) is 4.13. The molecule has 4 aromatic rings. The third-order valence-corrected chi connectivity index (χ3v) is 4.68. The van der Waals surface area contributed by atoms with Crippen LogP contribution in [0.1, 0.15) is 28.7 Å². The summed E-state index contributed by atoms with van der Waals surface area (Å²) in [4.78, 5) is 16.8. The van der Waals surface area contributed by atoms with Crippen molar-refractivity contribution >= 4 is 28.5 Å². The molecule has 0 saturated carbocycles. The van der Waals surface area contributed by atoms with Gasteiger partial charge in [0.05, 0.1) is 42.5 Å². The molecule has 8 heteroatoms. The second-order valence-corrected chi connectivity index (χ2v) is 6.75. The Bertz CT molecular complexity index is 1140. The van der Waals surface area contributed by atoms with Crippen molar-refractivity contribution in [3.05, 3.63) is 77.1 Å². The van der Waals surface area contributed by atoms with Crippen LogP contribution in [-0.2, 0) is 17.8 Å². The third kappa shape index (κ3) is 4.01. The molecule has 7 nitrogen and oxygen atoms in total. The average Bonchev–Trinajstić information content (AvgIpc) is 3.37. The molecule has 0 aliphatic carbocycles. The zero-order valence-corrected chi connectivity index (χ0v) is 16.5. The van der Waals surface area contributed by atoms with E-state index in [2.05, 4.69) is 15.4 Å². The lowest BCUT2D eigenvalue weighted by molar-refractivity contribution is 0.0525. The van der Waals surface area contributed by atoms with Gasteiger partial charge in [-0.15, -0.1) is 0 Å². The SMILES string of the molecule is CCOC(=O)c1cnn(-c2ccnc3cc(Cl)ccc23)c1CNCc1ccco1. The highest BCUT2D eigenvalue weighted by Gasteiger charge is 2.20. The first-order chi connectivity index (χ1) is 14.2. The average molecular weight is 411 g/mol. The Morgan fingerprint density at radius 1 is 1.28 bits per heavy atom. The first-order valence-corrected chi connectivity index (χ1v) is 9.57. The van der Waals surface area contributed by atoms with Gasteiger partial charge in [0.15, 0.2) is 0 Å². The van der Waals surface area contributed by atoms with E-state index < -0.39 is 5.97 Å². The minimum absolute atomic E-state index is 0.292. The minimum Gasteiger partial charge on any atom is -0.468 e. The monoisotopic (exact) mass is 410 g/mol. The fourth-order valence-electron chi connectivity index (χ4n) is 3.14. The first-order valence-electron chi connectivity index (χ1n) is 9.19. The molecule has 0 amide bonds. The molecule has 0 spiro atoms. The zero-order chi connectivity index (χ0) is 20.2. The van der Waals surface area contributed by atoms with Crippen molar-refractivity contribution in [1.29, 1.82) is 0 Å². The number of rotatable bonds is 7. The highest BCUT2D eigenvalue weighted by Crippen LogP contribution is 2.25. The van der Waals surface area contributed by atoms with Crippen LogP contribution in [0.4, 0.5) is 0 Å². The van der Waals surface area contributed by atoms with Crippen LogP contribution in [0.3, 0.4) is 0 Å². The number of nitrogens with zero attached hydrogens (tertiary/aromatic N) is 3. The minimum atomic E-state index is -0.407. The molecule has 0 radical (unpaired) electrons. The lowest BCUT2D eigenvalue weighted by Gasteiger charge is -2.12. The zero-order valence-electron chi connectivity index (χ0n) is 15.8. The number of hydrogen-bond donors (Lipinski definition) is 1. The van der Waals surface area contributed by atoms with Gasteiger partial charge in [-0.2, -0.15) is 5.10 Å². The summed E-state index contributed by atoms with van der Waals surface area (Å²) >= 11 is 6.10. The summed E-state index contributed by atoms with van der Waals surface area (Å²) in [6.45, 7) is 2.98. The summed E-state index contributed by atoms with van der Waals surface area (Å²) in [5.74, 6) is 0.396. The fourth-order valence-corrected chi connectivity index (χ4v) is 3.31. The lowest BCUT2D eigenvalue weighted by Crippen LogP contribution is -2.19. The van der Waals surface area contributed by atoms with E-state index in [0.29, 0.717) is 36.0 Å². The van der Waals surface area contributed by atoms with Gasteiger partial charge < -0.3 is 14.5 Å². The Morgan fingerprint density at radius 2 is 2.17 bits per heavy atom. The summed E-state index contributed by atoms with van der Waals surface area (Å²) in [5, 5.41) is 9.25. The van der Waals surface area contributed by atoms with Crippen molar-refractivity contribution in [2.24, 2.45) is 0 Å².